The lowest BCUT2D eigenvalue weighted by Gasteiger charge is -2.22. The van der Waals surface area contributed by atoms with Gasteiger partial charge in [0.2, 0.25) is 0 Å². The van der Waals surface area contributed by atoms with Gasteiger partial charge in [0.15, 0.2) is 12.3 Å². The summed E-state index contributed by atoms with van der Waals surface area (Å²) in [4.78, 5) is 33.4. The molecule has 4 aromatic rings. The number of benzene rings is 1. The van der Waals surface area contributed by atoms with Crippen molar-refractivity contribution in [1.82, 2.24) is 14.8 Å². The van der Waals surface area contributed by atoms with E-state index in [1.807, 2.05) is 49.6 Å². The van der Waals surface area contributed by atoms with E-state index in [-0.39, 0.29) is 13.0 Å². The monoisotopic (exact) mass is 487 g/mol. The lowest BCUT2D eigenvalue weighted by Crippen LogP contribution is -2.35. The Hall–Kier alpha value is -4.03. The largest absolute Gasteiger partial charge is 0.452 e. The summed E-state index contributed by atoms with van der Waals surface area (Å²) in [5, 5.41) is 16.0. The van der Waals surface area contributed by atoms with Gasteiger partial charge in [0.05, 0.1) is 39.7 Å². The number of hydrogen-bond donors (Lipinski definition) is 0. The number of esters is 1. The number of anilines is 1. The molecule has 0 saturated carbocycles. The van der Waals surface area contributed by atoms with Crippen molar-refractivity contribution in [2.24, 2.45) is 7.05 Å². The average molecular weight is 488 g/mol. The maximum absolute atomic E-state index is 13.2. The fraction of sp³-hybridized carbons (Fsp3) is 0.269. The van der Waals surface area contributed by atoms with Gasteiger partial charge in [0.25, 0.3) is 5.91 Å². The fourth-order valence-electron chi connectivity index (χ4n) is 4.11. The first kappa shape index (κ1) is 24.1. The standard InChI is InChI=1S/C26H25N5O3S/c1-16-11-17(2)13-19(12-16)31(9-6-8-27)23(32)15-34-26(33)20-14-21(22-7-5-10-35-22)28-25-24(20)18(3)29-30(25)4/h5,7,10-14H,6,9,15H2,1-4H3. The maximum Gasteiger partial charge on any atom is 0.339 e. The predicted octanol–water partition coefficient (Wildman–Crippen LogP) is 4.73. The van der Waals surface area contributed by atoms with Crippen molar-refractivity contribution in [3.8, 4) is 16.6 Å². The Kier molecular flexibility index (Phi) is 6.94. The third kappa shape index (κ3) is 5.08. The molecular formula is C26H25N5O3S. The highest BCUT2D eigenvalue weighted by Crippen LogP contribution is 2.29. The van der Waals surface area contributed by atoms with Crippen molar-refractivity contribution in [2.45, 2.75) is 27.2 Å². The molecular weight excluding hydrogens is 462 g/mol. The van der Waals surface area contributed by atoms with Gasteiger partial charge in [-0.2, -0.15) is 10.4 Å². The minimum atomic E-state index is -0.625. The number of hydrogen-bond acceptors (Lipinski definition) is 7. The summed E-state index contributed by atoms with van der Waals surface area (Å²) in [6, 6.07) is 13.4. The minimum absolute atomic E-state index is 0.163. The first-order valence-electron chi connectivity index (χ1n) is 11.1. The number of pyridine rings is 1. The molecule has 0 aliphatic heterocycles. The Balaban J connectivity index is 1.62. The molecule has 3 heterocycles. The zero-order valence-corrected chi connectivity index (χ0v) is 20.8. The van der Waals surface area contributed by atoms with Crippen molar-refractivity contribution < 1.29 is 14.3 Å². The first-order valence-corrected chi connectivity index (χ1v) is 12.0. The molecule has 8 nitrogen and oxygen atoms in total. The number of aryl methyl sites for hydroxylation is 4. The second kappa shape index (κ2) is 10.1. The van der Waals surface area contributed by atoms with Crippen LogP contribution in [-0.2, 0) is 16.6 Å². The quantitative estimate of drug-likeness (QED) is 0.350. The van der Waals surface area contributed by atoms with Gasteiger partial charge in [-0.05, 0) is 61.5 Å². The smallest absolute Gasteiger partial charge is 0.339 e. The molecule has 0 radical (unpaired) electrons. The van der Waals surface area contributed by atoms with Crippen molar-refractivity contribution >= 4 is 39.9 Å². The zero-order valence-electron chi connectivity index (χ0n) is 20.0. The lowest BCUT2D eigenvalue weighted by atomic mass is 10.1. The average Bonchev–Trinajstić information content (AvgIpc) is 3.45. The molecule has 0 atom stereocenters. The molecule has 0 saturated heterocycles. The number of carbonyl (C=O) groups excluding carboxylic acids is 2. The minimum Gasteiger partial charge on any atom is -0.452 e. The van der Waals surface area contributed by atoms with Gasteiger partial charge in [-0.15, -0.1) is 11.3 Å². The van der Waals surface area contributed by atoms with Gasteiger partial charge in [0.1, 0.15) is 0 Å². The lowest BCUT2D eigenvalue weighted by molar-refractivity contribution is -0.121. The number of nitriles is 1. The van der Waals surface area contributed by atoms with Crippen LogP contribution in [0.15, 0.2) is 41.8 Å². The van der Waals surface area contributed by atoms with E-state index in [9.17, 15) is 9.59 Å². The van der Waals surface area contributed by atoms with Crippen LogP contribution in [0.1, 0.15) is 33.6 Å². The van der Waals surface area contributed by atoms with Crippen molar-refractivity contribution in [3.63, 3.8) is 0 Å². The van der Waals surface area contributed by atoms with Gasteiger partial charge >= 0.3 is 5.97 Å². The fourth-order valence-corrected chi connectivity index (χ4v) is 4.79. The zero-order chi connectivity index (χ0) is 25.1. The number of rotatable bonds is 7. The van der Waals surface area contributed by atoms with E-state index in [1.165, 1.54) is 16.2 Å². The second-order valence-corrected chi connectivity index (χ2v) is 9.26. The number of aromatic nitrogens is 3. The molecule has 0 aliphatic rings. The SMILES string of the molecule is Cc1cc(C)cc(N(CCC#N)C(=O)COC(=O)c2cc(-c3cccs3)nc3c2c(C)nn3C)c1. The van der Waals surface area contributed by atoms with E-state index in [0.717, 1.165) is 16.0 Å². The molecule has 0 fully saturated rings. The van der Waals surface area contributed by atoms with Crippen molar-refractivity contribution in [2.75, 3.05) is 18.1 Å². The first-order chi connectivity index (χ1) is 16.8. The highest BCUT2D eigenvalue weighted by Gasteiger charge is 2.23. The normalized spacial score (nSPS) is 10.8. The molecule has 0 bridgehead atoms. The molecule has 4 rings (SSSR count). The van der Waals surface area contributed by atoms with Crippen LogP contribution in [0.5, 0.6) is 0 Å². The molecule has 0 N–H and O–H groups in total. The summed E-state index contributed by atoms with van der Waals surface area (Å²) >= 11 is 1.52. The van der Waals surface area contributed by atoms with Gasteiger partial charge in [-0.25, -0.2) is 9.78 Å². The van der Waals surface area contributed by atoms with Gasteiger partial charge in [0, 0.05) is 19.3 Å². The van der Waals surface area contributed by atoms with Crippen LogP contribution >= 0.6 is 11.3 Å². The molecule has 35 heavy (non-hydrogen) atoms. The van der Waals surface area contributed by atoms with E-state index < -0.39 is 18.5 Å². The number of amides is 1. The predicted molar refractivity (Wildman–Crippen MR) is 135 cm³/mol. The number of fused-ring (bicyclic) bond motifs is 1. The second-order valence-electron chi connectivity index (χ2n) is 8.32. The number of nitrogens with zero attached hydrogens (tertiary/aromatic N) is 5. The number of carbonyl (C=O) groups is 2. The maximum atomic E-state index is 13.2. The molecule has 178 valence electrons. The Morgan fingerprint density at radius 1 is 1.17 bits per heavy atom. The van der Waals surface area contributed by atoms with Crippen LogP contribution in [0.25, 0.3) is 21.6 Å². The summed E-state index contributed by atoms with van der Waals surface area (Å²) in [6.07, 6.45) is 0.163. The topological polar surface area (TPSA) is 101 Å². The third-order valence-corrected chi connectivity index (χ3v) is 6.45. The van der Waals surface area contributed by atoms with Gasteiger partial charge in [-0.1, -0.05) is 12.1 Å². The number of thiophene rings is 1. The summed E-state index contributed by atoms with van der Waals surface area (Å²) in [6.45, 7) is 5.45. The molecule has 0 unspecified atom stereocenters. The molecule has 0 aliphatic carbocycles. The van der Waals surface area contributed by atoms with Crippen LogP contribution in [-0.4, -0.2) is 39.8 Å². The van der Waals surface area contributed by atoms with Crippen LogP contribution in [0.3, 0.4) is 0 Å². The van der Waals surface area contributed by atoms with E-state index in [0.29, 0.717) is 33.7 Å². The number of ether oxygens (including phenoxy) is 1. The van der Waals surface area contributed by atoms with Crippen LogP contribution in [0.4, 0.5) is 5.69 Å². The van der Waals surface area contributed by atoms with Crippen LogP contribution in [0.2, 0.25) is 0 Å². The Labute approximate surface area is 207 Å². The van der Waals surface area contributed by atoms with Gasteiger partial charge in [-0.3, -0.25) is 9.48 Å². The van der Waals surface area contributed by atoms with Crippen molar-refractivity contribution in [3.05, 3.63) is 64.2 Å². The summed E-state index contributed by atoms with van der Waals surface area (Å²) in [5.74, 6) is -1.02. The van der Waals surface area contributed by atoms with Crippen LogP contribution in [0, 0.1) is 32.1 Å². The Bertz CT molecular complexity index is 1430. The highest BCUT2D eigenvalue weighted by molar-refractivity contribution is 7.13. The molecule has 9 heteroatoms. The summed E-state index contributed by atoms with van der Waals surface area (Å²) in [7, 11) is 1.77. The van der Waals surface area contributed by atoms with Crippen LogP contribution < -0.4 is 4.90 Å². The Morgan fingerprint density at radius 2 is 1.91 bits per heavy atom. The van der Waals surface area contributed by atoms with Gasteiger partial charge < -0.3 is 9.64 Å². The highest BCUT2D eigenvalue weighted by atomic mass is 32.1. The third-order valence-electron chi connectivity index (χ3n) is 5.56. The molecule has 1 amide bonds. The van der Waals surface area contributed by atoms with E-state index in [2.05, 4.69) is 11.2 Å². The summed E-state index contributed by atoms with van der Waals surface area (Å²) < 4.78 is 7.14. The summed E-state index contributed by atoms with van der Waals surface area (Å²) in [5.41, 5.74) is 4.84. The van der Waals surface area contributed by atoms with E-state index in [4.69, 9.17) is 15.0 Å². The molecule has 3 aromatic heterocycles. The molecule has 1 aromatic carbocycles. The van der Waals surface area contributed by atoms with E-state index in [1.54, 1.807) is 24.7 Å². The van der Waals surface area contributed by atoms with Crippen molar-refractivity contribution in [1.29, 1.82) is 5.26 Å². The van der Waals surface area contributed by atoms with E-state index >= 15 is 0 Å². The Morgan fingerprint density at radius 3 is 2.57 bits per heavy atom. The molecule has 0 spiro atoms.